The van der Waals surface area contributed by atoms with Crippen molar-refractivity contribution in [1.82, 2.24) is 0 Å². The third-order valence-electron chi connectivity index (χ3n) is 8.35. The van der Waals surface area contributed by atoms with Crippen LogP contribution in [0.15, 0.2) is 0 Å². The Morgan fingerprint density at radius 1 is 0.462 bits per heavy atom. The molecule has 1 saturated carbocycles. The van der Waals surface area contributed by atoms with Crippen molar-refractivity contribution in [3.63, 3.8) is 0 Å². The van der Waals surface area contributed by atoms with E-state index in [4.69, 9.17) is 9.47 Å². The van der Waals surface area contributed by atoms with E-state index < -0.39 is 5.41 Å². The van der Waals surface area contributed by atoms with Gasteiger partial charge in [0.25, 0.3) is 0 Å². The summed E-state index contributed by atoms with van der Waals surface area (Å²) in [4.78, 5) is 25.0. The number of unbranched alkanes of at least 4 members (excludes halogenated alkanes) is 18. The number of esters is 2. The second-order valence-corrected chi connectivity index (χ2v) is 13.3. The molecule has 0 aromatic rings. The van der Waals surface area contributed by atoms with Gasteiger partial charge in [-0.25, -0.2) is 0 Å². The van der Waals surface area contributed by atoms with Crippen molar-refractivity contribution in [2.45, 2.75) is 182 Å². The zero-order valence-electron chi connectivity index (χ0n) is 26.7. The number of ether oxygens (including phenoxy) is 2. The summed E-state index contributed by atoms with van der Waals surface area (Å²) in [6.07, 6.45) is 29.2. The standard InChI is InChI=1S/C35H66O4/c1-31(2)25-21-17-13-9-5-7-11-15-19-23-29-38-33(36)35(27-28-35)34(37)39-30-24-20-16-12-8-6-10-14-18-22-26-32(3)4/h31-32H,5-30H2,1-4H3. The molecule has 0 heterocycles. The highest BCUT2D eigenvalue weighted by molar-refractivity contribution is 6.03. The lowest BCUT2D eigenvalue weighted by Crippen LogP contribution is -2.30. The van der Waals surface area contributed by atoms with Crippen molar-refractivity contribution >= 4 is 11.9 Å². The van der Waals surface area contributed by atoms with Crippen molar-refractivity contribution in [1.29, 1.82) is 0 Å². The normalized spacial score (nSPS) is 14.2. The molecule has 1 fully saturated rings. The highest BCUT2D eigenvalue weighted by Crippen LogP contribution is 2.48. The number of hydrogen-bond donors (Lipinski definition) is 0. The summed E-state index contributed by atoms with van der Waals surface area (Å²) in [5.41, 5.74) is -0.982. The smallest absolute Gasteiger partial charge is 0.323 e. The van der Waals surface area contributed by atoms with Crippen LogP contribution in [0.2, 0.25) is 0 Å². The topological polar surface area (TPSA) is 52.6 Å². The summed E-state index contributed by atoms with van der Waals surface area (Å²) in [5.74, 6) is 0.973. The van der Waals surface area contributed by atoms with Gasteiger partial charge in [0.15, 0.2) is 5.41 Å². The quantitative estimate of drug-likeness (QED) is 0.0552. The van der Waals surface area contributed by atoms with Gasteiger partial charge in [0, 0.05) is 0 Å². The van der Waals surface area contributed by atoms with Gasteiger partial charge in [-0.2, -0.15) is 0 Å². The lowest BCUT2D eigenvalue weighted by molar-refractivity contribution is -0.164. The van der Waals surface area contributed by atoms with Crippen molar-refractivity contribution in [2.24, 2.45) is 17.3 Å². The number of rotatable bonds is 28. The molecule has 4 heteroatoms. The van der Waals surface area contributed by atoms with E-state index in [1.165, 1.54) is 116 Å². The minimum atomic E-state index is -0.982. The molecule has 39 heavy (non-hydrogen) atoms. The first kappa shape index (κ1) is 36.0. The van der Waals surface area contributed by atoms with Gasteiger partial charge < -0.3 is 9.47 Å². The molecular weight excluding hydrogens is 484 g/mol. The summed E-state index contributed by atoms with van der Waals surface area (Å²) in [6, 6.07) is 0. The molecule has 0 atom stereocenters. The number of carbonyl (C=O) groups is 2. The molecule has 0 saturated heterocycles. The summed E-state index contributed by atoms with van der Waals surface area (Å²) in [5, 5.41) is 0. The van der Waals surface area contributed by atoms with Crippen LogP contribution in [0.4, 0.5) is 0 Å². The predicted octanol–water partition coefficient (Wildman–Crippen LogP) is 10.7. The Balaban J connectivity index is 1.90. The van der Waals surface area contributed by atoms with Gasteiger partial charge >= 0.3 is 11.9 Å². The Morgan fingerprint density at radius 2 is 0.718 bits per heavy atom. The van der Waals surface area contributed by atoms with Crippen LogP contribution < -0.4 is 0 Å². The van der Waals surface area contributed by atoms with Crippen LogP contribution in [0, 0.1) is 17.3 Å². The van der Waals surface area contributed by atoms with Crippen molar-refractivity contribution in [2.75, 3.05) is 13.2 Å². The van der Waals surface area contributed by atoms with Gasteiger partial charge in [0.1, 0.15) is 0 Å². The number of hydrogen-bond acceptors (Lipinski definition) is 4. The largest absolute Gasteiger partial charge is 0.465 e. The Kier molecular flexibility index (Phi) is 21.8. The summed E-state index contributed by atoms with van der Waals surface area (Å²) in [7, 11) is 0. The molecule has 0 bridgehead atoms. The summed E-state index contributed by atoms with van der Waals surface area (Å²) < 4.78 is 10.9. The first-order valence-electron chi connectivity index (χ1n) is 17.2. The van der Waals surface area contributed by atoms with Crippen LogP contribution in [0.1, 0.15) is 182 Å². The Hall–Kier alpha value is -1.06. The SMILES string of the molecule is CC(C)CCCCCCCCCCCCOC(=O)C1(C(=O)OCCCCCCCCCCCCC(C)C)CC1. The first-order valence-corrected chi connectivity index (χ1v) is 17.2. The molecule has 1 rings (SSSR count). The molecule has 0 amide bonds. The Morgan fingerprint density at radius 3 is 0.974 bits per heavy atom. The van der Waals surface area contributed by atoms with Crippen LogP contribution in [-0.2, 0) is 19.1 Å². The maximum Gasteiger partial charge on any atom is 0.323 e. The molecule has 4 nitrogen and oxygen atoms in total. The predicted molar refractivity (Wildman–Crippen MR) is 165 cm³/mol. The van der Waals surface area contributed by atoms with Crippen LogP contribution >= 0.6 is 0 Å². The van der Waals surface area contributed by atoms with Gasteiger partial charge in [-0.1, -0.05) is 156 Å². The van der Waals surface area contributed by atoms with Crippen LogP contribution in [0.3, 0.4) is 0 Å². The molecule has 0 radical (unpaired) electrons. The molecular formula is C35H66O4. The van der Waals surface area contributed by atoms with Gasteiger partial charge in [-0.05, 0) is 37.5 Å². The lowest BCUT2D eigenvalue weighted by atomic mass is 10.0. The van der Waals surface area contributed by atoms with Crippen LogP contribution in [-0.4, -0.2) is 25.2 Å². The molecule has 230 valence electrons. The molecule has 0 aromatic carbocycles. The van der Waals surface area contributed by atoms with Crippen molar-refractivity contribution in [3.05, 3.63) is 0 Å². The first-order chi connectivity index (χ1) is 18.9. The molecule has 0 N–H and O–H groups in total. The summed E-state index contributed by atoms with van der Waals surface area (Å²) >= 11 is 0. The number of carbonyl (C=O) groups excluding carboxylic acids is 2. The van der Waals surface area contributed by atoms with Gasteiger partial charge in [0.2, 0.25) is 0 Å². The molecule has 0 aliphatic heterocycles. The van der Waals surface area contributed by atoms with Gasteiger partial charge in [0.05, 0.1) is 13.2 Å². The fourth-order valence-corrected chi connectivity index (χ4v) is 5.36. The fourth-order valence-electron chi connectivity index (χ4n) is 5.36. The molecule has 1 aliphatic carbocycles. The zero-order chi connectivity index (χ0) is 28.6. The van der Waals surface area contributed by atoms with Crippen molar-refractivity contribution < 1.29 is 19.1 Å². The van der Waals surface area contributed by atoms with E-state index in [1.54, 1.807) is 0 Å². The fraction of sp³-hybridized carbons (Fsp3) is 0.943. The highest BCUT2D eigenvalue weighted by Gasteiger charge is 2.59. The molecule has 0 aromatic heterocycles. The highest BCUT2D eigenvalue weighted by atomic mass is 16.6. The Bertz CT molecular complexity index is 545. The monoisotopic (exact) mass is 550 g/mol. The third-order valence-corrected chi connectivity index (χ3v) is 8.35. The van der Waals surface area contributed by atoms with Crippen LogP contribution in [0.25, 0.3) is 0 Å². The second-order valence-electron chi connectivity index (χ2n) is 13.3. The molecule has 0 unspecified atom stereocenters. The minimum Gasteiger partial charge on any atom is -0.465 e. The van der Waals surface area contributed by atoms with Gasteiger partial charge in [-0.3, -0.25) is 9.59 Å². The maximum absolute atomic E-state index is 12.5. The lowest BCUT2D eigenvalue weighted by Gasteiger charge is -2.14. The van der Waals surface area contributed by atoms with Gasteiger partial charge in [-0.15, -0.1) is 0 Å². The average Bonchev–Trinajstić information content (AvgIpc) is 3.71. The van der Waals surface area contributed by atoms with Crippen LogP contribution in [0.5, 0.6) is 0 Å². The van der Waals surface area contributed by atoms with E-state index in [0.29, 0.717) is 26.1 Å². The Labute approximate surface area is 243 Å². The van der Waals surface area contributed by atoms with E-state index in [0.717, 1.165) is 37.5 Å². The van der Waals surface area contributed by atoms with E-state index in [2.05, 4.69) is 27.7 Å². The zero-order valence-corrected chi connectivity index (χ0v) is 26.7. The minimum absolute atomic E-state index is 0.353. The van der Waals surface area contributed by atoms with E-state index in [9.17, 15) is 9.59 Å². The maximum atomic E-state index is 12.5. The average molecular weight is 551 g/mol. The summed E-state index contributed by atoms with van der Waals surface area (Å²) in [6.45, 7) is 10.1. The van der Waals surface area contributed by atoms with E-state index in [-0.39, 0.29) is 11.9 Å². The van der Waals surface area contributed by atoms with E-state index in [1.807, 2.05) is 0 Å². The third kappa shape index (κ3) is 19.6. The van der Waals surface area contributed by atoms with E-state index >= 15 is 0 Å². The van der Waals surface area contributed by atoms with Crippen molar-refractivity contribution in [3.8, 4) is 0 Å². The molecule has 1 aliphatic rings. The molecule has 0 spiro atoms. The second kappa shape index (κ2) is 23.6.